The normalized spacial score (nSPS) is 10.6. The highest BCUT2D eigenvalue weighted by molar-refractivity contribution is 5.91. The molecule has 0 fully saturated rings. The van der Waals surface area contributed by atoms with Crippen molar-refractivity contribution in [2.75, 3.05) is 13.1 Å². The Morgan fingerprint density at radius 1 is 1.60 bits per heavy atom. The van der Waals surface area contributed by atoms with E-state index in [9.17, 15) is 4.79 Å². The minimum atomic E-state index is 0.149. The van der Waals surface area contributed by atoms with Crippen LogP contribution in [0.5, 0.6) is 0 Å². The zero-order chi connectivity index (χ0) is 7.82. The lowest BCUT2D eigenvalue weighted by Gasteiger charge is -1.96. The predicted molar refractivity (Wildman–Crippen MR) is 43.0 cm³/mol. The van der Waals surface area contributed by atoms with E-state index in [1.54, 1.807) is 12.2 Å². The molecular weight excluding hydrogens is 126 g/mol. The molecule has 0 aromatic carbocycles. The third-order valence-electron chi connectivity index (χ3n) is 1.08. The lowest BCUT2D eigenvalue weighted by molar-refractivity contribution is -0.113. The molecule has 0 aliphatic carbocycles. The summed E-state index contributed by atoms with van der Waals surface area (Å²) in [6.45, 7) is 5.31. The zero-order valence-electron chi connectivity index (χ0n) is 6.68. The molecular formula is C8H15NO. The van der Waals surface area contributed by atoms with Crippen molar-refractivity contribution in [2.45, 2.75) is 20.3 Å². The van der Waals surface area contributed by atoms with E-state index in [4.69, 9.17) is 0 Å². The molecule has 0 aromatic heterocycles. The molecule has 2 heteroatoms. The smallest absolute Gasteiger partial charge is 0.169 e. The number of carbonyl (C=O) groups is 1. The molecule has 0 aliphatic rings. The van der Waals surface area contributed by atoms with Gasteiger partial charge in [-0.15, -0.1) is 0 Å². The maximum atomic E-state index is 10.8. The largest absolute Gasteiger partial charge is 0.310 e. The van der Waals surface area contributed by atoms with Gasteiger partial charge in [-0.05, 0) is 26.0 Å². The van der Waals surface area contributed by atoms with E-state index in [0.717, 1.165) is 13.0 Å². The molecule has 0 heterocycles. The van der Waals surface area contributed by atoms with Gasteiger partial charge in [0.05, 0.1) is 6.54 Å². The summed E-state index contributed by atoms with van der Waals surface area (Å²) in [7, 11) is 0. The standard InChI is InChI=1S/C8H15NO/c1-3-5-8(10)7-9-6-4-2/h3,5,9H,4,6-7H2,1-2H3/b5-3+. The van der Waals surface area contributed by atoms with E-state index in [2.05, 4.69) is 12.2 Å². The van der Waals surface area contributed by atoms with Crippen LogP contribution in [0.15, 0.2) is 12.2 Å². The number of hydrogen-bond acceptors (Lipinski definition) is 2. The highest BCUT2D eigenvalue weighted by Gasteiger charge is 1.91. The van der Waals surface area contributed by atoms with E-state index in [-0.39, 0.29) is 5.78 Å². The minimum Gasteiger partial charge on any atom is -0.310 e. The molecule has 2 nitrogen and oxygen atoms in total. The quantitative estimate of drug-likeness (QED) is 0.459. The number of ketones is 1. The van der Waals surface area contributed by atoms with Crippen molar-refractivity contribution in [3.05, 3.63) is 12.2 Å². The molecule has 0 atom stereocenters. The topological polar surface area (TPSA) is 29.1 Å². The van der Waals surface area contributed by atoms with Gasteiger partial charge in [0.15, 0.2) is 5.78 Å². The summed E-state index contributed by atoms with van der Waals surface area (Å²) in [5, 5.41) is 3.02. The number of nitrogens with one attached hydrogen (secondary N) is 1. The third kappa shape index (κ3) is 5.51. The Morgan fingerprint density at radius 2 is 2.30 bits per heavy atom. The second kappa shape index (κ2) is 6.49. The van der Waals surface area contributed by atoms with Gasteiger partial charge in [0.1, 0.15) is 0 Å². The van der Waals surface area contributed by atoms with Gasteiger partial charge >= 0.3 is 0 Å². The summed E-state index contributed by atoms with van der Waals surface area (Å²) < 4.78 is 0. The van der Waals surface area contributed by atoms with Crippen molar-refractivity contribution >= 4 is 5.78 Å². The van der Waals surface area contributed by atoms with Gasteiger partial charge in [0, 0.05) is 0 Å². The van der Waals surface area contributed by atoms with Crippen molar-refractivity contribution in [3.8, 4) is 0 Å². The van der Waals surface area contributed by atoms with E-state index < -0.39 is 0 Å². The second-order valence-corrected chi connectivity index (χ2v) is 2.14. The van der Waals surface area contributed by atoms with Gasteiger partial charge in [-0.3, -0.25) is 4.79 Å². The summed E-state index contributed by atoms with van der Waals surface area (Å²) >= 11 is 0. The van der Waals surface area contributed by atoms with Crippen molar-refractivity contribution in [1.82, 2.24) is 5.32 Å². The Kier molecular flexibility index (Phi) is 6.08. The van der Waals surface area contributed by atoms with Crippen molar-refractivity contribution < 1.29 is 4.79 Å². The van der Waals surface area contributed by atoms with Crippen molar-refractivity contribution in [2.24, 2.45) is 0 Å². The highest BCUT2D eigenvalue weighted by atomic mass is 16.1. The molecule has 0 unspecified atom stereocenters. The first kappa shape index (κ1) is 9.37. The molecule has 58 valence electrons. The van der Waals surface area contributed by atoms with Crippen LogP contribution in [-0.2, 0) is 4.79 Å². The summed E-state index contributed by atoms with van der Waals surface area (Å²) in [4.78, 5) is 10.8. The SMILES string of the molecule is C/C=C/C(=O)CNCCC. The molecule has 0 aromatic rings. The second-order valence-electron chi connectivity index (χ2n) is 2.14. The van der Waals surface area contributed by atoms with E-state index >= 15 is 0 Å². The first-order chi connectivity index (χ1) is 4.81. The Labute approximate surface area is 62.3 Å². The summed E-state index contributed by atoms with van der Waals surface area (Å²) in [6.07, 6.45) is 4.42. The van der Waals surface area contributed by atoms with Crippen LogP contribution >= 0.6 is 0 Å². The Morgan fingerprint density at radius 3 is 2.80 bits per heavy atom. The molecule has 0 rings (SSSR count). The fourth-order valence-electron chi connectivity index (χ4n) is 0.633. The molecule has 0 spiro atoms. The van der Waals surface area contributed by atoms with Crippen LogP contribution in [0, 0.1) is 0 Å². The summed E-state index contributed by atoms with van der Waals surface area (Å²) in [5.74, 6) is 0.149. The van der Waals surface area contributed by atoms with Crippen LogP contribution in [0.2, 0.25) is 0 Å². The van der Waals surface area contributed by atoms with Crippen molar-refractivity contribution in [1.29, 1.82) is 0 Å². The molecule has 0 aliphatic heterocycles. The number of hydrogen-bond donors (Lipinski definition) is 1. The predicted octanol–water partition coefficient (Wildman–Crippen LogP) is 1.13. The van der Waals surface area contributed by atoms with E-state index in [1.165, 1.54) is 0 Å². The Hall–Kier alpha value is -0.630. The molecule has 0 saturated heterocycles. The average Bonchev–Trinajstić information content (AvgIpc) is 1.89. The van der Waals surface area contributed by atoms with Crippen LogP contribution in [0.4, 0.5) is 0 Å². The molecule has 0 bridgehead atoms. The summed E-state index contributed by atoms with van der Waals surface area (Å²) in [5.41, 5.74) is 0. The lowest BCUT2D eigenvalue weighted by Crippen LogP contribution is -2.21. The zero-order valence-corrected chi connectivity index (χ0v) is 6.68. The minimum absolute atomic E-state index is 0.149. The molecule has 0 saturated carbocycles. The summed E-state index contributed by atoms with van der Waals surface area (Å²) in [6, 6.07) is 0. The monoisotopic (exact) mass is 141 g/mol. The maximum absolute atomic E-state index is 10.8. The van der Waals surface area contributed by atoms with Crippen LogP contribution in [0.3, 0.4) is 0 Å². The third-order valence-corrected chi connectivity index (χ3v) is 1.08. The lowest BCUT2D eigenvalue weighted by atomic mass is 10.3. The average molecular weight is 141 g/mol. The molecule has 10 heavy (non-hydrogen) atoms. The van der Waals surface area contributed by atoms with Gasteiger partial charge in [-0.25, -0.2) is 0 Å². The van der Waals surface area contributed by atoms with Crippen LogP contribution in [-0.4, -0.2) is 18.9 Å². The highest BCUT2D eigenvalue weighted by Crippen LogP contribution is 1.75. The first-order valence-corrected chi connectivity index (χ1v) is 3.67. The van der Waals surface area contributed by atoms with E-state index in [1.807, 2.05) is 6.92 Å². The van der Waals surface area contributed by atoms with Gasteiger partial charge in [0.25, 0.3) is 0 Å². The van der Waals surface area contributed by atoms with Gasteiger partial charge in [0.2, 0.25) is 0 Å². The van der Waals surface area contributed by atoms with Crippen LogP contribution in [0.1, 0.15) is 20.3 Å². The van der Waals surface area contributed by atoms with Gasteiger partial charge in [-0.1, -0.05) is 13.0 Å². The number of carbonyl (C=O) groups excluding carboxylic acids is 1. The van der Waals surface area contributed by atoms with Crippen LogP contribution < -0.4 is 5.32 Å². The molecule has 1 N–H and O–H groups in total. The fourth-order valence-corrected chi connectivity index (χ4v) is 0.633. The Bertz CT molecular complexity index is 118. The van der Waals surface area contributed by atoms with Gasteiger partial charge < -0.3 is 5.32 Å². The number of rotatable bonds is 5. The Balaban J connectivity index is 3.22. The molecule has 0 radical (unpaired) electrons. The number of allylic oxidation sites excluding steroid dienone is 1. The maximum Gasteiger partial charge on any atom is 0.169 e. The first-order valence-electron chi connectivity index (χ1n) is 3.67. The van der Waals surface area contributed by atoms with Crippen molar-refractivity contribution in [3.63, 3.8) is 0 Å². The molecule has 0 amide bonds. The van der Waals surface area contributed by atoms with Gasteiger partial charge in [-0.2, -0.15) is 0 Å². The fraction of sp³-hybridized carbons (Fsp3) is 0.625. The van der Waals surface area contributed by atoms with E-state index in [0.29, 0.717) is 6.54 Å². The van der Waals surface area contributed by atoms with Crippen LogP contribution in [0.25, 0.3) is 0 Å².